The van der Waals surface area contributed by atoms with Crippen LogP contribution in [0.2, 0.25) is 0 Å². The molecule has 1 aliphatic heterocycles. The maximum absolute atomic E-state index is 5.63. The van der Waals surface area contributed by atoms with Gasteiger partial charge in [0.1, 0.15) is 0 Å². The van der Waals surface area contributed by atoms with Gasteiger partial charge in [-0.25, -0.2) is 0 Å². The van der Waals surface area contributed by atoms with E-state index in [0.717, 1.165) is 11.3 Å². The highest BCUT2D eigenvalue weighted by Gasteiger charge is 2.28. The Bertz CT molecular complexity index is 382. The first-order valence-corrected chi connectivity index (χ1v) is 6.22. The first-order valence-electron chi connectivity index (χ1n) is 6.22. The summed E-state index contributed by atoms with van der Waals surface area (Å²) in [5.74, 6) is -0.468. The predicted octanol–water partition coefficient (Wildman–Crippen LogP) is 2.40. The summed E-state index contributed by atoms with van der Waals surface area (Å²) in [4.78, 5) is 0. The number of methoxy groups -OCH3 is 1. The van der Waals surface area contributed by atoms with Gasteiger partial charge in [-0.3, -0.25) is 0 Å². The van der Waals surface area contributed by atoms with E-state index in [1.54, 1.807) is 7.11 Å². The molecule has 0 atom stereocenters. The highest BCUT2D eigenvalue weighted by Crippen LogP contribution is 2.22. The molecule has 0 amide bonds. The van der Waals surface area contributed by atoms with Crippen LogP contribution in [0, 0.1) is 0 Å². The Labute approximate surface area is 108 Å². The van der Waals surface area contributed by atoms with E-state index in [1.165, 1.54) is 0 Å². The average Bonchev–Trinajstić information content (AvgIpc) is 2.35. The maximum Gasteiger partial charge on any atom is 0.162 e. The van der Waals surface area contributed by atoms with E-state index in [4.69, 9.17) is 14.2 Å². The van der Waals surface area contributed by atoms with Gasteiger partial charge in [-0.15, -0.1) is 0 Å². The Morgan fingerprint density at radius 2 is 1.94 bits per heavy atom. The van der Waals surface area contributed by atoms with Gasteiger partial charge in [0, 0.05) is 18.4 Å². The monoisotopic (exact) mass is 251 g/mol. The third kappa shape index (κ3) is 3.45. The zero-order chi connectivity index (χ0) is 13.0. The molecule has 0 unspecified atom stereocenters. The number of anilines is 1. The fraction of sp³-hybridized carbons (Fsp3) is 0.571. The molecule has 1 aromatic rings. The quantitative estimate of drug-likeness (QED) is 0.892. The van der Waals surface area contributed by atoms with E-state index >= 15 is 0 Å². The van der Waals surface area contributed by atoms with Crippen molar-refractivity contribution in [3.05, 3.63) is 29.8 Å². The van der Waals surface area contributed by atoms with E-state index in [-0.39, 0.29) is 6.04 Å². The molecule has 0 aromatic heterocycles. The van der Waals surface area contributed by atoms with Crippen LogP contribution in [0.25, 0.3) is 0 Å². The van der Waals surface area contributed by atoms with Crippen LogP contribution in [0.5, 0.6) is 0 Å². The Morgan fingerprint density at radius 3 is 2.61 bits per heavy atom. The van der Waals surface area contributed by atoms with Crippen molar-refractivity contribution < 1.29 is 14.2 Å². The zero-order valence-corrected chi connectivity index (χ0v) is 11.2. The lowest BCUT2D eigenvalue weighted by molar-refractivity contribution is -0.247. The van der Waals surface area contributed by atoms with Gasteiger partial charge in [-0.1, -0.05) is 18.2 Å². The average molecular weight is 251 g/mol. The van der Waals surface area contributed by atoms with E-state index in [2.05, 4.69) is 11.4 Å². The summed E-state index contributed by atoms with van der Waals surface area (Å²) in [7, 11) is 1.70. The molecular formula is C14H21NO3. The molecule has 2 rings (SSSR count). The van der Waals surface area contributed by atoms with Gasteiger partial charge in [0.05, 0.1) is 25.9 Å². The summed E-state index contributed by atoms with van der Waals surface area (Å²) in [6.07, 6.45) is 0. The van der Waals surface area contributed by atoms with Crippen LogP contribution in [0.4, 0.5) is 5.69 Å². The molecule has 0 spiro atoms. The van der Waals surface area contributed by atoms with Crippen LogP contribution in [0.15, 0.2) is 24.3 Å². The van der Waals surface area contributed by atoms with Gasteiger partial charge in [0.25, 0.3) is 0 Å². The molecule has 18 heavy (non-hydrogen) atoms. The summed E-state index contributed by atoms with van der Waals surface area (Å²) < 4.78 is 16.5. The minimum Gasteiger partial charge on any atom is -0.380 e. The van der Waals surface area contributed by atoms with Crippen molar-refractivity contribution in [3.8, 4) is 0 Å². The molecule has 4 nitrogen and oxygen atoms in total. The number of ether oxygens (including phenoxy) is 3. The van der Waals surface area contributed by atoms with Crippen LogP contribution in [0.3, 0.4) is 0 Å². The van der Waals surface area contributed by atoms with Crippen molar-refractivity contribution in [2.75, 3.05) is 25.6 Å². The molecule has 0 bridgehead atoms. The summed E-state index contributed by atoms with van der Waals surface area (Å²) in [6, 6.07) is 8.30. The second kappa shape index (κ2) is 5.69. The third-order valence-electron chi connectivity index (χ3n) is 2.94. The Kier molecular flexibility index (Phi) is 4.22. The topological polar surface area (TPSA) is 39.7 Å². The largest absolute Gasteiger partial charge is 0.380 e. The highest BCUT2D eigenvalue weighted by atomic mass is 16.7. The first kappa shape index (κ1) is 13.3. The fourth-order valence-corrected chi connectivity index (χ4v) is 1.94. The van der Waals surface area contributed by atoms with Gasteiger partial charge >= 0.3 is 0 Å². The van der Waals surface area contributed by atoms with Gasteiger partial charge in [0.15, 0.2) is 5.79 Å². The zero-order valence-electron chi connectivity index (χ0n) is 11.2. The highest BCUT2D eigenvalue weighted by molar-refractivity contribution is 5.51. The number of hydrogen-bond acceptors (Lipinski definition) is 4. The molecule has 1 aliphatic rings. The lowest BCUT2D eigenvalue weighted by Gasteiger charge is -2.35. The number of benzene rings is 1. The molecule has 4 heteroatoms. The lowest BCUT2D eigenvalue weighted by Crippen LogP contribution is -2.45. The molecule has 0 aliphatic carbocycles. The summed E-state index contributed by atoms with van der Waals surface area (Å²) >= 11 is 0. The second-order valence-electron chi connectivity index (χ2n) is 4.95. The van der Waals surface area contributed by atoms with Crippen LogP contribution < -0.4 is 5.32 Å². The first-order chi connectivity index (χ1) is 8.61. The van der Waals surface area contributed by atoms with Crippen molar-refractivity contribution in [1.82, 2.24) is 0 Å². The number of nitrogens with one attached hydrogen (secondary N) is 1. The Balaban J connectivity index is 1.97. The number of para-hydroxylation sites is 1. The van der Waals surface area contributed by atoms with Crippen molar-refractivity contribution in [1.29, 1.82) is 0 Å². The van der Waals surface area contributed by atoms with Crippen molar-refractivity contribution in [2.45, 2.75) is 32.3 Å². The van der Waals surface area contributed by atoms with Crippen LogP contribution in [-0.4, -0.2) is 32.2 Å². The van der Waals surface area contributed by atoms with Gasteiger partial charge < -0.3 is 19.5 Å². The van der Waals surface area contributed by atoms with E-state index in [0.29, 0.717) is 19.8 Å². The van der Waals surface area contributed by atoms with E-state index in [9.17, 15) is 0 Å². The van der Waals surface area contributed by atoms with Crippen LogP contribution in [-0.2, 0) is 20.8 Å². The summed E-state index contributed by atoms with van der Waals surface area (Å²) in [5.41, 5.74) is 2.22. The van der Waals surface area contributed by atoms with Crippen molar-refractivity contribution in [3.63, 3.8) is 0 Å². The summed E-state index contributed by atoms with van der Waals surface area (Å²) in [5, 5.41) is 3.44. The molecule has 1 heterocycles. The van der Waals surface area contributed by atoms with Crippen molar-refractivity contribution >= 4 is 5.69 Å². The van der Waals surface area contributed by atoms with Gasteiger partial charge in [-0.2, -0.15) is 0 Å². The van der Waals surface area contributed by atoms with Gasteiger partial charge in [0.2, 0.25) is 0 Å². The maximum atomic E-state index is 5.63. The Morgan fingerprint density at radius 1 is 1.28 bits per heavy atom. The molecule has 0 radical (unpaired) electrons. The molecule has 100 valence electrons. The smallest absolute Gasteiger partial charge is 0.162 e. The fourth-order valence-electron chi connectivity index (χ4n) is 1.94. The second-order valence-corrected chi connectivity index (χ2v) is 4.95. The minimum absolute atomic E-state index is 0.177. The standard InChI is InChI=1S/C14H21NO3/c1-14(2)17-9-12(10-18-14)15-13-7-5-4-6-11(13)8-16-3/h4-7,12,15H,8-10H2,1-3H3. The number of hydrogen-bond donors (Lipinski definition) is 1. The van der Waals surface area contributed by atoms with E-state index in [1.807, 2.05) is 32.0 Å². The van der Waals surface area contributed by atoms with Crippen LogP contribution in [0.1, 0.15) is 19.4 Å². The Hall–Kier alpha value is -1.10. The van der Waals surface area contributed by atoms with Crippen molar-refractivity contribution in [2.24, 2.45) is 0 Å². The minimum atomic E-state index is -0.468. The molecule has 0 saturated carbocycles. The molecule has 1 saturated heterocycles. The molecular weight excluding hydrogens is 230 g/mol. The predicted molar refractivity (Wildman–Crippen MR) is 70.5 cm³/mol. The van der Waals surface area contributed by atoms with E-state index < -0.39 is 5.79 Å². The number of rotatable bonds is 4. The molecule has 1 aromatic carbocycles. The third-order valence-corrected chi connectivity index (χ3v) is 2.94. The lowest BCUT2D eigenvalue weighted by atomic mass is 10.1. The normalized spacial score (nSPS) is 19.7. The SMILES string of the molecule is COCc1ccccc1NC1COC(C)(C)OC1. The summed E-state index contributed by atoms with van der Waals surface area (Å²) in [6.45, 7) is 5.76. The molecule has 1 N–H and O–H groups in total. The molecule has 1 fully saturated rings. The van der Waals surface area contributed by atoms with Gasteiger partial charge in [-0.05, 0) is 19.9 Å². The van der Waals surface area contributed by atoms with Crippen LogP contribution >= 0.6 is 0 Å².